The lowest BCUT2D eigenvalue weighted by molar-refractivity contribution is 0.0675. The zero-order chi connectivity index (χ0) is 16.7. The number of ether oxygens (including phenoxy) is 2. The van der Waals surface area contributed by atoms with E-state index in [1.165, 1.54) is 24.6 Å². The van der Waals surface area contributed by atoms with Crippen molar-refractivity contribution in [2.75, 3.05) is 51.0 Å². The van der Waals surface area contributed by atoms with E-state index in [4.69, 9.17) is 9.47 Å². The summed E-state index contributed by atoms with van der Waals surface area (Å²) in [5.74, 6) is 3.41. The van der Waals surface area contributed by atoms with Crippen molar-refractivity contribution in [3.63, 3.8) is 0 Å². The first-order valence-electron chi connectivity index (χ1n) is 8.85. The maximum atomic E-state index is 9.62. The molecule has 0 saturated carbocycles. The van der Waals surface area contributed by atoms with Crippen LogP contribution in [0, 0.1) is 11.3 Å². The molecule has 1 aromatic rings. The van der Waals surface area contributed by atoms with E-state index in [1.54, 1.807) is 0 Å². The van der Waals surface area contributed by atoms with Crippen LogP contribution in [0.2, 0.25) is 0 Å². The summed E-state index contributed by atoms with van der Waals surface area (Å²) in [6.07, 6.45) is 2.61. The fourth-order valence-corrected chi connectivity index (χ4v) is 4.34. The van der Waals surface area contributed by atoms with Crippen molar-refractivity contribution in [3.05, 3.63) is 29.8 Å². The molecule has 2 fully saturated rings. The van der Waals surface area contributed by atoms with Gasteiger partial charge in [0.05, 0.1) is 18.1 Å². The monoisotopic (exact) mass is 346 g/mol. The molecule has 0 N–H and O–H groups in total. The quantitative estimate of drug-likeness (QED) is 0.741. The third-order valence-corrected chi connectivity index (χ3v) is 5.90. The first-order chi connectivity index (χ1) is 11.8. The van der Waals surface area contributed by atoms with Gasteiger partial charge in [0.25, 0.3) is 0 Å². The smallest absolute Gasteiger partial charge is 0.119 e. The van der Waals surface area contributed by atoms with Gasteiger partial charge >= 0.3 is 0 Å². The van der Waals surface area contributed by atoms with Crippen LogP contribution >= 0.6 is 11.8 Å². The lowest BCUT2D eigenvalue weighted by Crippen LogP contribution is -2.33. The molecule has 0 unspecified atom stereocenters. The number of nitriles is 1. The Labute approximate surface area is 149 Å². The Balaban J connectivity index is 1.46. The molecule has 0 spiro atoms. The van der Waals surface area contributed by atoms with Crippen LogP contribution in [0.25, 0.3) is 0 Å². The van der Waals surface area contributed by atoms with E-state index in [0.29, 0.717) is 13.2 Å². The summed E-state index contributed by atoms with van der Waals surface area (Å²) in [6.45, 7) is 5.62. The van der Waals surface area contributed by atoms with Gasteiger partial charge in [-0.1, -0.05) is 12.1 Å². The normalized spacial score (nSPS) is 21.1. The predicted octanol–water partition coefficient (Wildman–Crippen LogP) is 3.08. The highest BCUT2D eigenvalue weighted by atomic mass is 32.2. The molecule has 2 aliphatic rings. The fraction of sp³-hybridized carbons (Fsp3) is 0.632. The zero-order valence-corrected chi connectivity index (χ0v) is 15.0. The summed E-state index contributed by atoms with van der Waals surface area (Å²) >= 11 is 2.05. The van der Waals surface area contributed by atoms with Crippen LogP contribution in [0.3, 0.4) is 0 Å². The summed E-state index contributed by atoms with van der Waals surface area (Å²) in [4.78, 5) is 2.52. The second-order valence-electron chi connectivity index (χ2n) is 6.49. The number of benzene rings is 1. The minimum Gasteiger partial charge on any atom is -0.494 e. The van der Waals surface area contributed by atoms with Gasteiger partial charge in [-0.05, 0) is 37.0 Å². The van der Waals surface area contributed by atoms with Gasteiger partial charge in [-0.3, -0.25) is 0 Å². The Morgan fingerprint density at radius 3 is 2.54 bits per heavy atom. The molecule has 0 atom stereocenters. The molecule has 0 amide bonds. The lowest BCUT2D eigenvalue weighted by Gasteiger charge is -2.31. The summed E-state index contributed by atoms with van der Waals surface area (Å²) in [5.41, 5.74) is 0.703. The Morgan fingerprint density at radius 1 is 1.17 bits per heavy atom. The zero-order valence-electron chi connectivity index (χ0n) is 14.2. The largest absolute Gasteiger partial charge is 0.494 e. The van der Waals surface area contributed by atoms with Crippen LogP contribution in [0.5, 0.6) is 5.75 Å². The maximum Gasteiger partial charge on any atom is 0.119 e. The molecule has 0 aliphatic carbocycles. The van der Waals surface area contributed by atoms with E-state index in [2.05, 4.69) is 11.0 Å². The van der Waals surface area contributed by atoms with Gasteiger partial charge in [-0.15, -0.1) is 0 Å². The Kier molecular flexibility index (Phi) is 6.42. The first kappa shape index (κ1) is 17.6. The molecule has 130 valence electrons. The number of thioether (sulfide) groups is 1. The van der Waals surface area contributed by atoms with Crippen molar-refractivity contribution in [1.29, 1.82) is 5.26 Å². The lowest BCUT2D eigenvalue weighted by atomic mass is 9.75. The standard InChI is InChI=1S/C19H26N2O2S/c20-16-19(6-12-22-13-7-19)17-2-4-18(5-3-17)23-11-1-8-21-9-14-24-15-10-21/h2-5H,1,6-15H2. The number of nitrogens with zero attached hydrogens (tertiary/aromatic N) is 2. The van der Waals surface area contributed by atoms with Crippen molar-refractivity contribution >= 4 is 11.8 Å². The SMILES string of the molecule is N#CC1(c2ccc(OCCCN3CCSCC3)cc2)CCOCC1. The van der Waals surface area contributed by atoms with Gasteiger partial charge in [0, 0.05) is 44.4 Å². The summed E-state index contributed by atoms with van der Waals surface area (Å²) in [7, 11) is 0. The summed E-state index contributed by atoms with van der Waals surface area (Å²) < 4.78 is 11.3. The molecule has 4 nitrogen and oxygen atoms in total. The molecule has 2 heterocycles. The Hall–Kier alpha value is -1.22. The molecule has 0 radical (unpaired) electrons. The fourth-order valence-electron chi connectivity index (χ4n) is 3.36. The molecular formula is C19H26N2O2S. The van der Waals surface area contributed by atoms with Crippen molar-refractivity contribution in [2.24, 2.45) is 0 Å². The molecule has 5 heteroatoms. The molecule has 2 aliphatic heterocycles. The minimum absolute atomic E-state index is 0.386. The summed E-state index contributed by atoms with van der Waals surface area (Å²) in [5, 5.41) is 9.62. The second kappa shape index (κ2) is 8.75. The van der Waals surface area contributed by atoms with Gasteiger partial charge in [0.15, 0.2) is 0 Å². The van der Waals surface area contributed by atoms with Crippen LogP contribution in [0.1, 0.15) is 24.8 Å². The van der Waals surface area contributed by atoms with Crippen molar-refractivity contribution in [1.82, 2.24) is 4.90 Å². The maximum absolute atomic E-state index is 9.62. The van der Waals surface area contributed by atoms with Crippen LogP contribution in [-0.4, -0.2) is 55.9 Å². The van der Waals surface area contributed by atoms with Crippen molar-refractivity contribution < 1.29 is 9.47 Å². The highest BCUT2D eigenvalue weighted by molar-refractivity contribution is 7.99. The molecular weight excluding hydrogens is 320 g/mol. The highest BCUT2D eigenvalue weighted by Gasteiger charge is 2.34. The molecule has 3 rings (SSSR count). The van der Waals surface area contributed by atoms with Gasteiger partial charge < -0.3 is 14.4 Å². The Bertz CT molecular complexity index is 543. The summed E-state index contributed by atoms with van der Waals surface area (Å²) in [6, 6.07) is 10.6. The van der Waals surface area contributed by atoms with Crippen LogP contribution in [0.15, 0.2) is 24.3 Å². The van der Waals surface area contributed by atoms with E-state index in [9.17, 15) is 5.26 Å². The van der Waals surface area contributed by atoms with Crippen molar-refractivity contribution in [2.45, 2.75) is 24.7 Å². The van der Waals surface area contributed by atoms with Crippen LogP contribution < -0.4 is 4.74 Å². The number of rotatable bonds is 6. The molecule has 0 aromatic heterocycles. The van der Waals surface area contributed by atoms with E-state index in [1.807, 2.05) is 36.0 Å². The first-order valence-corrected chi connectivity index (χ1v) is 10.0. The number of hydrogen-bond acceptors (Lipinski definition) is 5. The van der Waals surface area contributed by atoms with Crippen LogP contribution in [0.4, 0.5) is 0 Å². The van der Waals surface area contributed by atoms with Gasteiger partial charge in [0.2, 0.25) is 0 Å². The van der Waals surface area contributed by atoms with Crippen LogP contribution in [-0.2, 0) is 10.2 Å². The van der Waals surface area contributed by atoms with E-state index >= 15 is 0 Å². The average molecular weight is 346 g/mol. The molecule has 1 aromatic carbocycles. The van der Waals surface area contributed by atoms with E-state index < -0.39 is 0 Å². The second-order valence-corrected chi connectivity index (χ2v) is 7.71. The molecule has 2 saturated heterocycles. The van der Waals surface area contributed by atoms with E-state index in [0.717, 1.165) is 43.7 Å². The topological polar surface area (TPSA) is 45.5 Å². The minimum atomic E-state index is -0.386. The third kappa shape index (κ3) is 4.44. The molecule has 0 bridgehead atoms. The highest BCUT2D eigenvalue weighted by Crippen LogP contribution is 2.34. The van der Waals surface area contributed by atoms with Gasteiger partial charge in [-0.25, -0.2) is 0 Å². The number of hydrogen-bond donors (Lipinski definition) is 0. The molecule has 24 heavy (non-hydrogen) atoms. The Morgan fingerprint density at radius 2 is 1.88 bits per heavy atom. The van der Waals surface area contributed by atoms with Gasteiger partial charge in [0.1, 0.15) is 5.75 Å². The van der Waals surface area contributed by atoms with Crippen molar-refractivity contribution in [3.8, 4) is 11.8 Å². The van der Waals surface area contributed by atoms with E-state index in [-0.39, 0.29) is 5.41 Å². The average Bonchev–Trinajstić information content (AvgIpc) is 2.67. The third-order valence-electron chi connectivity index (χ3n) is 4.96. The van der Waals surface area contributed by atoms with Gasteiger partial charge in [-0.2, -0.15) is 17.0 Å². The predicted molar refractivity (Wildman–Crippen MR) is 97.7 cm³/mol.